The van der Waals surface area contributed by atoms with Gasteiger partial charge in [0.05, 0.1) is 24.8 Å². The van der Waals surface area contributed by atoms with E-state index in [1.54, 1.807) is 30.3 Å². The van der Waals surface area contributed by atoms with Gasteiger partial charge in [0.25, 0.3) is 10.0 Å². The molecule has 3 aromatic rings. The third kappa shape index (κ3) is 8.33. The Kier molecular flexibility index (Phi) is 12.0. The van der Waals surface area contributed by atoms with E-state index >= 15 is 0 Å². The first-order chi connectivity index (χ1) is 22.0. The largest absolute Gasteiger partial charge is 0.493 e. The summed E-state index contributed by atoms with van der Waals surface area (Å²) in [4.78, 5) is 29.6. The predicted octanol–water partition coefficient (Wildman–Crippen LogP) is 6.43. The number of anilines is 1. The predicted molar refractivity (Wildman–Crippen MR) is 181 cm³/mol. The zero-order chi connectivity index (χ0) is 33.4. The number of nitrogens with zero attached hydrogens (tertiary/aromatic N) is 2. The summed E-state index contributed by atoms with van der Waals surface area (Å²) < 4.78 is 40.6. The van der Waals surface area contributed by atoms with Gasteiger partial charge >= 0.3 is 0 Å². The lowest BCUT2D eigenvalue weighted by Crippen LogP contribution is -2.54. The SMILES string of the molecule is CCC(C(=O)NC1CCCCC1)N(Cc1ccccc1Cl)C(=O)CN(c1cc(C)cc(C)c1)S(=O)(=O)c1ccc(OC)c(OC)c1. The van der Waals surface area contributed by atoms with E-state index < -0.39 is 28.5 Å². The molecule has 2 amide bonds. The molecular weight excluding hydrogens is 626 g/mol. The second-order valence-corrected chi connectivity index (χ2v) is 14.0. The highest BCUT2D eigenvalue weighted by molar-refractivity contribution is 7.92. The quantitative estimate of drug-likeness (QED) is 0.225. The fourth-order valence-electron chi connectivity index (χ4n) is 6.00. The van der Waals surface area contributed by atoms with Crippen LogP contribution >= 0.6 is 11.6 Å². The molecule has 1 N–H and O–H groups in total. The number of halogens is 1. The van der Waals surface area contributed by atoms with Gasteiger partial charge in [-0.15, -0.1) is 0 Å². The molecule has 1 aliphatic carbocycles. The zero-order valence-electron chi connectivity index (χ0n) is 27.2. The fraction of sp³-hybridized carbons (Fsp3) is 0.429. The van der Waals surface area contributed by atoms with E-state index in [2.05, 4.69) is 5.32 Å². The van der Waals surface area contributed by atoms with E-state index in [0.717, 1.165) is 47.5 Å². The van der Waals surface area contributed by atoms with E-state index in [4.69, 9.17) is 21.1 Å². The Hall–Kier alpha value is -3.76. The lowest BCUT2D eigenvalue weighted by molar-refractivity contribution is -0.140. The van der Waals surface area contributed by atoms with E-state index in [1.165, 1.54) is 37.3 Å². The lowest BCUT2D eigenvalue weighted by Gasteiger charge is -2.34. The number of sulfonamides is 1. The molecule has 4 rings (SSSR count). The Balaban J connectivity index is 1.77. The summed E-state index contributed by atoms with van der Waals surface area (Å²) in [5.74, 6) is -0.179. The number of hydrogen-bond acceptors (Lipinski definition) is 6. The van der Waals surface area contributed by atoms with E-state index in [9.17, 15) is 18.0 Å². The second-order valence-electron chi connectivity index (χ2n) is 11.8. The number of nitrogens with one attached hydrogen (secondary N) is 1. The minimum atomic E-state index is -4.31. The van der Waals surface area contributed by atoms with E-state index in [1.807, 2.05) is 32.9 Å². The number of carbonyl (C=O) groups excluding carboxylic acids is 2. The maximum atomic E-state index is 14.5. The molecule has 46 heavy (non-hydrogen) atoms. The maximum absolute atomic E-state index is 14.5. The molecular formula is C35H44ClN3O6S. The van der Waals surface area contributed by atoms with Crippen molar-refractivity contribution in [2.24, 2.45) is 0 Å². The van der Waals surface area contributed by atoms with Crippen LogP contribution in [0.5, 0.6) is 11.5 Å². The van der Waals surface area contributed by atoms with Crippen molar-refractivity contribution >= 4 is 39.1 Å². The van der Waals surface area contributed by atoms with Crippen LogP contribution in [0.25, 0.3) is 0 Å². The van der Waals surface area contributed by atoms with E-state index in [0.29, 0.717) is 28.4 Å². The van der Waals surface area contributed by atoms with Crippen LogP contribution in [0.15, 0.2) is 65.6 Å². The van der Waals surface area contributed by atoms with Crippen LogP contribution < -0.4 is 19.1 Å². The van der Waals surface area contributed by atoms with Crippen LogP contribution in [0.2, 0.25) is 5.02 Å². The molecule has 1 fully saturated rings. The van der Waals surface area contributed by atoms with Gasteiger partial charge in [-0.3, -0.25) is 13.9 Å². The lowest BCUT2D eigenvalue weighted by atomic mass is 9.95. The molecule has 3 aromatic carbocycles. The standard InChI is InChI=1S/C35H44ClN3O6S/c1-6-31(35(41)37-27-13-8-7-9-14-27)38(22-26-12-10-11-15-30(26)36)34(40)23-39(28-19-24(2)18-25(3)20-28)46(42,43)29-16-17-32(44-4)33(21-29)45-5/h10-12,15-21,27,31H,6-9,13-14,22-23H2,1-5H3,(H,37,41). The van der Waals surface area contributed by atoms with Crippen molar-refractivity contribution in [1.82, 2.24) is 10.2 Å². The molecule has 1 unspecified atom stereocenters. The Morgan fingerprint density at radius 2 is 1.59 bits per heavy atom. The summed E-state index contributed by atoms with van der Waals surface area (Å²) in [6.45, 7) is 5.07. The molecule has 1 aliphatic rings. The molecule has 0 aromatic heterocycles. The summed E-state index contributed by atoms with van der Waals surface area (Å²) in [5, 5.41) is 3.61. The summed E-state index contributed by atoms with van der Waals surface area (Å²) in [5.41, 5.74) is 2.66. The number of amides is 2. The van der Waals surface area contributed by atoms with E-state index in [-0.39, 0.29) is 29.1 Å². The van der Waals surface area contributed by atoms with Gasteiger partial charge in [0, 0.05) is 23.7 Å². The van der Waals surface area contributed by atoms with Crippen molar-refractivity contribution in [2.45, 2.75) is 82.8 Å². The van der Waals surface area contributed by atoms with Crippen molar-refractivity contribution in [3.63, 3.8) is 0 Å². The van der Waals surface area contributed by atoms with Gasteiger partial charge in [-0.25, -0.2) is 8.42 Å². The highest BCUT2D eigenvalue weighted by atomic mass is 35.5. The van der Waals surface area contributed by atoms with Gasteiger partial charge < -0.3 is 19.7 Å². The average molecular weight is 670 g/mol. The fourth-order valence-corrected chi connectivity index (χ4v) is 7.61. The number of hydrogen-bond donors (Lipinski definition) is 1. The van der Waals surface area contributed by atoms with Gasteiger partial charge in [0.15, 0.2) is 11.5 Å². The van der Waals surface area contributed by atoms with Gasteiger partial charge in [-0.05, 0) is 80.1 Å². The number of benzene rings is 3. The Morgan fingerprint density at radius 3 is 2.20 bits per heavy atom. The third-order valence-corrected chi connectivity index (χ3v) is 10.5. The summed E-state index contributed by atoms with van der Waals surface area (Å²) in [7, 11) is -1.41. The topological polar surface area (TPSA) is 105 Å². The monoisotopic (exact) mass is 669 g/mol. The van der Waals surface area contributed by atoms with Crippen molar-refractivity contribution < 1.29 is 27.5 Å². The first-order valence-electron chi connectivity index (χ1n) is 15.6. The smallest absolute Gasteiger partial charge is 0.264 e. The Labute approximate surface area is 277 Å². The molecule has 11 heteroatoms. The minimum absolute atomic E-state index is 0.0339. The molecule has 0 heterocycles. The summed E-state index contributed by atoms with van der Waals surface area (Å²) in [6.07, 6.45) is 5.35. The highest BCUT2D eigenvalue weighted by Crippen LogP contribution is 2.33. The molecule has 0 radical (unpaired) electrons. The van der Waals surface area contributed by atoms with Crippen molar-refractivity contribution in [3.05, 3.63) is 82.4 Å². The van der Waals surface area contributed by atoms with Gasteiger partial charge in [0.2, 0.25) is 11.8 Å². The number of methoxy groups -OCH3 is 2. The number of ether oxygens (including phenoxy) is 2. The van der Waals surface area contributed by atoms with Crippen LogP contribution in [0.4, 0.5) is 5.69 Å². The van der Waals surface area contributed by atoms with Crippen LogP contribution in [-0.2, 0) is 26.2 Å². The number of carbonyl (C=O) groups is 2. The summed E-state index contributed by atoms with van der Waals surface area (Å²) >= 11 is 6.53. The molecule has 0 saturated heterocycles. The summed E-state index contributed by atoms with van der Waals surface area (Å²) in [6, 6.07) is 16.0. The second kappa shape index (κ2) is 15.7. The highest BCUT2D eigenvalue weighted by Gasteiger charge is 2.35. The number of rotatable bonds is 13. The average Bonchev–Trinajstić information content (AvgIpc) is 3.03. The molecule has 1 atom stereocenters. The van der Waals surface area contributed by atoms with Gasteiger partial charge in [0.1, 0.15) is 12.6 Å². The Bertz CT molecular complexity index is 1620. The zero-order valence-corrected chi connectivity index (χ0v) is 28.8. The van der Waals surface area contributed by atoms with Crippen molar-refractivity contribution in [2.75, 3.05) is 25.1 Å². The van der Waals surface area contributed by atoms with Crippen LogP contribution in [0, 0.1) is 13.8 Å². The van der Waals surface area contributed by atoms with Crippen LogP contribution in [0.1, 0.15) is 62.1 Å². The maximum Gasteiger partial charge on any atom is 0.264 e. The first kappa shape index (κ1) is 35.1. The first-order valence-corrected chi connectivity index (χ1v) is 17.5. The normalized spacial score (nSPS) is 14.3. The molecule has 0 spiro atoms. The minimum Gasteiger partial charge on any atom is -0.493 e. The molecule has 248 valence electrons. The molecule has 9 nitrogen and oxygen atoms in total. The number of aryl methyl sites for hydroxylation is 2. The molecule has 1 saturated carbocycles. The van der Waals surface area contributed by atoms with Crippen LogP contribution in [-0.4, -0.2) is 58.0 Å². The molecule has 0 aliphatic heterocycles. The van der Waals surface area contributed by atoms with Crippen LogP contribution in [0.3, 0.4) is 0 Å². The molecule has 0 bridgehead atoms. The van der Waals surface area contributed by atoms with Crippen molar-refractivity contribution in [3.8, 4) is 11.5 Å². The third-order valence-electron chi connectivity index (χ3n) is 8.35. The van der Waals surface area contributed by atoms with Gasteiger partial charge in [-0.2, -0.15) is 0 Å². The Morgan fingerprint density at radius 1 is 0.935 bits per heavy atom. The van der Waals surface area contributed by atoms with Gasteiger partial charge in [-0.1, -0.05) is 62.1 Å². The van der Waals surface area contributed by atoms with Crippen molar-refractivity contribution in [1.29, 1.82) is 0 Å².